The van der Waals surface area contributed by atoms with E-state index >= 15 is 0 Å². The lowest BCUT2D eigenvalue weighted by Gasteiger charge is -2.44. The van der Waals surface area contributed by atoms with Crippen molar-refractivity contribution in [3.63, 3.8) is 0 Å². The molecule has 2 fully saturated rings. The minimum absolute atomic E-state index is 0.00221. The molecule has 0 unspecified atom stereocenters. The largest absolute Gasteiger partial charge is 0.497 e. The van der Waals surface area contributed by atoms with Gasteiger partial charge < -0.3 is 29.0 Å². The molecule has 1 N–H and O–H groups in total. The summed E-state index contributed by atoms with van der Waals surface area (Å²) in [4.78, 5) is 29.3. The second-order valence-corrected chi connectivity index (χ2v) is 8.45. The van der Waals surface area contributed by atoms with Gasteiger partial charge >= 0.3 is 6.03 Å². The normalized spacial score (nSPS) is 19.6. The summed E-state index contributed by atoms with van der Waals surface area (Å²) >= 11 is 0. The molecule has 1 aromatic heterocycles. The number of furan rings is 1. The maximum absolute atomic E-state index is 12.9. The highest BCUT2D eigenvalue weighted by Crippen LogP contribution is 2.41. The van der Waals surface area contributed by atoms with Crippen molar-refractivity contribution in [3.05, 3.63) is 59.7 Å². The number of methoxy groups -OCH3 is 2. The summed E-state index contributed by atoms with van der Waals surface area (Å²) in [5, 5.41) is 3.11. The van der Waals surface area contributed by atoms with Crippen LogP contribution in [-0.2, 0) is 0 Å². The number of carbonyl (C=O) groups excluding carboxylic acids is 2. The second kappa shape index (κ2) is 9.21. The number of hydrogen-bond donors (Lipinski definition) is 1. The van der Waals surface area contributed by atoms with Crippen molar-refractivity contribution in [2.24, 2.45) is 0 Å². The number of piperidine rings is 1. The van der Waals surface area contributed by atoms with E-state index in [0.29, 0.717) is 38.2 Å². The van der Waals surface area contributed by atoms with E-state index in [0.717, 1.165) is 22.8 Å². The maximum Gasteiger partial charge on any atom is 0.322 e. The number of urea groups is 1. The Balaban J connectivity index is 1.61. The molecule has 2 aromatic rings. The average Bonchev–Trinajstić information content (AvgIpc) is 3.45. The van der Waals surface area contributed by atoms with Gasteiger partial charge in [0.2, 0.25) is 0 Å². The zero-order chi connectivity index (χ0) is 23.6. The Morgan fingerprint density at radius 3 is 2.61 bits per heavy atom. The fourth-order valence-corrected chi connectivity index (χ4v) is 4.99. The fourth-order valence-electron chi connectivity index (χ4n) is 4.99. The predicted octanol–water partition coefficient (Wildman–Crippen LogP) is 4.00. The smallest absolute Gasteiger partial charge is 0.322 e. The quantitative estimate of drug-likeness (QED) is 0.715. The minimum atomic E-state index is -0.459. The molecule has 0 saturated carbocycles. The highest BCUT2D eigenvalue weighted by Gasteiger charge is 2.50. The van der Waals surface area contributed by atoms with E-state index in [1.165, 1.54) is 6.26 Å². The summed E-state index contributed by atoms with van der Waals surface area (Å²) in [5.74, 6) is 1.69. The van der Waals surface area contributed by atoms with E-state index in [2.05, 4.69) is 18.3 Å². The van der Waals surface area contributed by atoms with Crippen molar-refractivity contribution in [1.29, 1.82) is 0 Å². The number of amides is 3. The van der Waals surface area contributed by atoms with Crippen molar-refractivity contribution in [1.82, 2.24) is 15.1 Å². The van der Waals surface area contributed by atoms with E-state index in [9.17, 15) is 9.59 Å². The van der Waals surface area contributed by atoms with E-state index < -0.39 is 5.54 Å². The van der Waals surface area contributed by atoms with Crippen LogP contribution in [0.2, 0.25) is 0 Å². The summed E-state index contributed by atoms with van der Waals surface area (Å²) in [6.45, 7) is 5.75. The number of hydrogen-bond acceptors (Lipinski definition) is 5. The molecule has 2 aliphatic heterocycles. The molecule has 33 heavy (non-hydrogen) atoms. The van der Waals surface area contributed by atoms with Crippen LogP contribution in [0.3, 0.4) is 0 Å². The van der Waals surface area contributed by atoms with Crippen LogP contribution in [-0.4, -0.2) is 61.1 Å². The molecule has 4 rings (SSSR count). The molecule has 2 aliphatic rings. The van der Waals surface area contributed by atoms with Gasteiger partial charge in [0, 0.05) is 42.9 Å². The van der Waals surface area contributed by atoms with E-state index in [1.54, 1.807) is 31.3 Å². The van der Waals surface area contributed by atoms with Crippen LogP contribution in [0.1, 0.15) is 48.7 Å². The average molecular weight is 454 g/mol. The summed E-state index contributed by atoms with van der Waals surface area (Å²) < 4.78 is 16.2. The van der Waals surface area contributed by atoms with Gasteiger partial charge in [-0.2, -0.15) is 0 Å². The molecule has 176 valence electrons. The highest BCUT2D eigenvalue weighted by molar-refractivity contribution is 5.91. The number of rotatable bonds is 6. The van der Waals surface area contributed by atoms with Crippen LogP contribution in [0.5, 0.6) is 11.5 Å². The van der Waals surface area contributed by atoms with Gasteiger partial charge in [0.15, 0.2) is 5.76 Å². The molecule has 1 spiro atoms. The standard InChI is InChI=1S/C25H31N3O5/c1-5-28-24(30)26-22(15-17(2)19-9-8-18(31-3)16-21(19)32-4)25(28)10-12-27(13-11-25)23(29)20-7-6-14-33-20/h6-9,14-17H,5,10-13H2,1-4H3,(H,26,30)/b22-15-/t17-/m0/s1. The van der Waals surface area contributed by atoms with Gasteiger partial charge in [-0.25, -0.2) is 4.79 Å². The number of likely N-dealkylation sites (N-methyl/N-ethyl adjacent to an activating group) is 1. The minimum Gasteiger partial charge on any atom is -0.497 e. The van der Waals surface area contributed by atoms with E-state index in [1.807, 2.05) is 30.0 Å². The Hall–Kier alpha value is -3.42. The fraction of sp³-hybridized carbons (Fsp3) is 0.440. The van der Waals surface area contributed by atoms with Crippen molar-refractivity contribution >= 4 is 11.9 Å². The first-order valence-corrected chi connectivity index (χ1v) is 11.3. The molecule has 1 atom stereocenters. The molecule has 2 saturated heterocycles. The number of likely N-dealkylation sites (tertiary alicyclic amines) is 1. The number of benzene rings is 1. The Morgan fingerprint density at radius 2 is 2.00 bits per heavy atom. The first kappa shape index (κ1) is 22.8. The van der Waals surface area contributed by atoms with Crippen LogP contribution in [0.15, 0.2) is 52.8 Å². The molecule has 8 heteroatoms. The molecule has 1 aromatic carbocycles. The van der Waals surface area contributed by atoms with Gasteiger partial charge in [-0.15, -0.1) is 0 Å². The lowest BCUT2D eigenvalue weighted by Crippen LogP contribution is -2.54. The number of ether oxygens (including phenoxy) is 2. The third-order valence-corrected chi connectivity index (χ3v) is 6.78. The van der Waals surface area contributed by atoms with Crippen LogP contribution in [0.25, 0.3) is 0 Å². The van der Waals surface area contributed by atoms with E-state index in [-0.39, 0.29) is 17.9 Å². The van der Waals surface area contributed by atoms with E-state index in [4.69, 9.17) is 13.9 Å². The second-order valence-electron chi connectivity index (χ2n) is 8.45. The highest BCUT2D eigenvalue weighted by atomic mass is 16.5. The first-order chi connectivity index (χ1) is 15.9. The molecular formula is C25H31N3O5. The van der Waals surface area contributed by atoms with Gasteiger partial charge in [-0.05, 0) is 38.0 Å². The van der Waals surface area contributed by atoms with Crippen molar-refractivity contribution in [2.75, 3.05) is 33.9 Å². The molecule has 0 aliphatic carbocycles. The SMILES string of the molecule is CCN1C(=O)N/C(=C\[C@H](C)c2ccc(OC)cc2OC)C12CCN(C(=O)c1ccco1)CC2. The van der Waals surface area contributed by atoms with Crippen LogP contribution in [0, 0.1) is 0 Å². The summed E-state index contributed by atoms with van der Waals surface area (Å²) in [5.41, 5.74) is 1.44. The molecule has 3 heterocycles. The van der Waals surface area contributed by atoms with Crippen LogP contribution >= 0.6 is 0 Å². The van der Waals surface area contributed by atoms with Gasteiger partial charge in [-0.3, -0.25) is 4.79 Å². The third-order valence-electron chi connectivity index (χ3n) is 6.78. The monoisotopic (exact) mass is 453 g/mol. The Labute approximate surface area is 194 Å². The van der Waals surface area contributed by atoms with Crippen LogP contribution in [0.4, 0.5) is 4.79 Å². The lowest BCUT2D eigenvalue weighted by molar-refractivity contribution is 0.0548. The maximum atomic E-state index is 12.9. The predicted molar refractivity (Wildman–Crippen MR) is 124 cm³/mol. The van der Waals surface area contributed by atoms with Gasteiger partial charge in [0.25, 0.3) is 5.91 Å². The van der Waals surface area contributed by atoms with Gasteiger partial charge in [0.05, 0.1) is 26.0 Å². The lowest BCUT2D eigenvalue weighted by atomic mass is 9.82. The van der Waals surface area contributed by atoms with Crippen molar-refractivity contribution < 1.29 is 23.5 Å². The zero-order valence-corrected chi connectivity index (χ0v) is 19.6. The molecule has 3 amide bonds. The van der Waals surface area contributed by atoms with Crippen molar-refractivity contribution in [3.8, 4) is 11.5 Å². The third kappa shape index (κ3) is 4.05. The summed E-state index contributed by atoms with van der Waals surface area (Å²) in [7, 11) is 3.27. The Bertz CT molecular complexity index is 1040. The molecule has 0 radical (unpaired) electrons. The number of nitrogens with zero attached hydrogens (tertiary/aromatic N) is 2. The van der Waals surface area contributed by atoms with Gasteiger partial charge in [0.1, 0.15) is 11.5 Å². The summed E-state index contributed by atoms with van der Waals surface area (Å²) in [6.07, 6.45) is 4.93. The number of carbonyl (C=O) groups is 2. The Morgan fingerprint density at radius 1 is 1.24 bits per heavy atom. The molecule has 0 bridgehead atoms. The molecule has 8 nitrogen and oxygen atoms in total. The Kier molecular flexibility index (Phi) is 6.35. The summed E-state index contributed by atoms with van der Waals surface area (Å²) in [6, 6.07) is 9.07. The van der Waals surface area contributed by atoms with Gasteiger partial charge in [-0.1, -0.05) is 19.1 Å². The topological polar surface area (TPSA) is 84.3 Å². The van der Waals surface area contributed by atoms with Crippen molar-refractivity contribution in [2.45, 2.75) is 38.1 Å². The van der Waals surface area contributed by atoms with Crippen LogP contribution < -0.4 is 14.8 Å². The first-order valence-electron chi connectivity index (χ1n) is 11.3. The molecular weight excluding hydrogens is 422 g/mol. The zero-order valence-electron chi connectivity index (χ0n) is 19.6. The number of nitrogens with one attached hydrogen (secondary N) is 1. The number of allylic oxidation sites excluding steroid dienone is 1.